The fourth-order valence-electron chi connectivity index (χ4n) is 1.42. The molecule has 0 aromatic heterocycles. The highest BCUT2D eigenvalue weighted by Crippen LogP contribution is 2.25. The quantitative estimate of drug-likeness (QED) is 0.738. The average molecular weight is 228 g/mol. The summed E-state index contributed by atoms with van der Waals surface area (Å²) < 4.78 is 12.2. The summed E-state index contributed by atoms with van der Waals surface area (Å²) in [5.41, 5.74) is 0.921. The van der Waals surface area contributed by atoms with Crippen LogP contribution >= 0.6 is 0 Å². The summed E-state index contributed by atoms with van der Waals surface area (Å²) in [6, 6.07) is 19.0. The number of rotatable bonds is 3. The van der Waals surface area contributed by atoms with Crippen molar-refractivity contribution in [1.82, 2.24) is 0 Å². The van der Waals surface area contributed by atoms with Crippen LogP contribution in [0.25, 0.3) is 4.91 Å². The molecule has 0 heterocycles. The Labute approximate surface area is 98.6 Å². The summed E-state index contributed by atoms with van der Waals surface area (Å²) in [6.07, 6.45) is 0. The van der Waals surface area contributed by atoms with Gasteiger partial charge in [0.05, 0.1) is 0 Å². The van der Waals surface area contributed by atoms with Crippen molar-refractivity contribution in [3.05, 3.63) is 72.8 Å². The van der Waals surface area contributed by atoms with Crippen LogP contribution in [0.2, 0.25) is 0 Å². The Bertz CT molecular complexity index is 465. The highest BCUT2D eigenvalue weighted by atomic mass is 32.2. The third kappa shape index (κ3) is 2.35. The van der Waals surface area contributed by atoms with E-state index in [9.17, 15) is 4.55 Å². The molecule has 2 heteroatoms. The van der Waals surface area contributed by atoms with Crippen LogP contribution in [0.5, 0.6) is 0 Å². The molecule has 1 unspecified atom stereocenters. The van der Waals surface area contributed by atoms with Crippen LogP contribution < -0.4 is 0 Å². The Balaban J connectivity index is 2.24. The van der Waals surface area contributed by atoms with E-state index in [0.717, 1.165) is 10.5 Å². The van der Waals surface area contributed by atoms with Gasteiger partial charge in [0.2, 0.25) is 0 Å². The van der Waals surface area contributed by atoms with Crippen LogP contribution in [0.4, 0.5) is 0 Å². The smallest absolute Gasteiger partial charge is 0.158 e. The monoisotopic (exact) mass is 228 g/mol. The van der Waals surface area contributed by atoms with Crippen LogP contribution in [0.1, 0.15) is 5.56 Å². The van der Waals surface area contributed by atoms with Gasteiger partial charge in [0, 0.05) is 16.7 Å². The molecule has 0 aliphatic carbocycles. The fourth-order valence-corrected chi connectivity index (χ4v) is 2.46. The normalized spacial score (nSPS) is 12.1. The van der Waals surface area contributed by atoms with Crippen molar-refractivity contribution in [1.29, 1.82) is 0 Å². The molecule has 80 valence electrons. The molecule has 0 aliphatic heterocycles. The van der Waals surface area contributed by atoms with Crippen molar-refractivity contribution < 1.29 is 4.55 Å². The molecular formula is C14H12OS. The predicted octanol–water partition coefficient (Wildman–Crippen LogP) is 3.47. The van der Waals surface area contributed by atoms with E-state index in [2.05, 4.69) is 6.58 Å². The second kappa shape index (κ2) is 5.01. The molecular weight excluding hydrogens is 216 g/mol. The molecule has 2 rings (SSSR count). The summed E-state index contributed by atoms with van der Waals surface area (Å²) >= 11 is -1.17. The van der Waals surface area contributed by atoms with Crippen molar-refractivity contribution in [2.75, 3.05) is 0 Å². The molecule has 0 N–H and O–H groups in total. The van der Waals surface area contributed by atoms with Crippen LogP contribution in [0.3, 0.4) is 0 Å². The largest absolute Gasteiger partial charge is 0.606 e. The van der Waals surface area contributed by atoms with Gasteiger partial charge in [0.1, 0.15) is 0 Å². The summed E-state index contributed by atoms with van der Waals surface area (Å²) in [6.45, 7) is 3.90. The zero-order valence-electron chi connectivity index (χ0n) is 8.80. The highest BCUT2D eigenvalue weighted by molar-refractivity contribution is 8.00. The van der Waals surface area contributed by atoms with Crippen molar-refractivity contribution in [2.45, 2.75) is 4.90 Å². The van der Waals surface area contributed by atoms with Gasteiger partial charge in [-0.15, -0.1) is 0 Å². The van der Waals surface area contributed by atoms with Gasteiger partial charge in [0.15, 0.2) is 9.80 Å². The average Bonchev–Trinajstić information content (AvgIpc) is 2.39. The highest BCUT2D eigenvalue weighted by Gasteiger charge is 2.16. The lowest BCUT2D eigenvalue weighted by Gasteiger charge is -2.11. The number of hydrogen-bond donors (Lipinski definition) is 0. The van der Waals surface area contributed by atoms with Crippen molar-refractivity contribution in [3.63, 3.8) is 0 Å². The standard InChI is InChI=1S/C14H12OS/c1-12(13-8-4-2-5-9-13)16(15)14-10-6-3-7-11-14/h2-11H,1H2. The first-order valence-electron chi connectivity index (χ1n) is 5.00. The molecule has 2 aromatic carbocycles. The van der Waals surface area contributed by atoms with E-state index >= 15 is 0 Å². The van der Waals surface area contributed by atoms with E-state index in [-0.39, 0.29) is 0 Å². The van der Waals surface area contributed by atoms with Gasteiger partial charge in [-0.2, -0.15) is 0 Å². The first-order valence-corrected chi connectivity index (χ1v) is 6.15. The van der Waals surface area contributed by atoms with Crippen LogP contribution in [0.15, 0.2) is 72.1 Å². The third-order valence-corrected chi connectivity index (χ3v) is 3.66. The molecule has 0 bridgehead atoms. The van der Waals surface area contributed by atoms with E-state index in [4.69, 9.17) is 0 Å². The van der Waals surface area contributed by atoms with Crippen LogP contribution in [0, 0.1) is 0 Å². The van der Waals surface area contributed by atoms with Crippen molar-refractivity contribution >= 4 is 16.1 Å². The minimum absolute atomic E-state index is 0.645. The second-order valence-corrected chi connectivity index (χ2v) is 4.87. The van der Waals surface area contributed by atoms with E-state index < -0.39 is 11.2 Å². The zero-order chi connectivity index (χ0) is 11.4. The Hall–Kier alpha value is -1.51. The Kier molecular flexibility index (Phi) is 3.44. The molecule has 0 spiro atoms. The SMILES string of the molecule is C=C(c1ccccc1)[S+]([O-])c1ccccc1. The predicted molar refractivity (Wildman–Crippen MR) is 68.3 cm³/mol. The van der Waals surface area contributed by atoms with Gasteiger partial charge in [-0.05, 0) is 30.8 Å². The van der Waals surface area contributed by atoms with E-state index in [1.165, 1.54) is 0 Å². The molecule has 0 saturated heterocycles. The summed E-state index contributed by atoms with van der Waals surface area (Å²) in [4.78, 5) is 1.43. The van der Waals surface area contributed by atoms with Gasteiger partial charge in [-0.3, -0.25) is 0 Å². The maximum Gasteiger partial charge on any atom is 0.158 e. The van der Waals surface area contributed by atoms with Gasteiger partial charge in [-0.1, -0.05) is 36.4 Å². The van der Waals surface area contributed by atoms with E-state index in [1.54, 1.807) is 0 Å². The lowest BCUT2D eigenvalue weighted by atomic mass is 10.2. The molecule has 16 heavy (non-hydrogen) atoms. The summed E-state index contributed by atoms with van der Waals surface area (Å²) in [7, 11) is 0. The lowest BCUT2D eigenvalue weighted by Crippen LogP contribution is -2.02. The zero-order valence-corrected chi connectivity index (χ0v) is 9.61. The maximum absolute atomic E-state index is 12.2. The third-order valence-electron chi connectivity index (χ3n) is 2.28. The maximum atomic E-state index is 12.2. The van der Waals surface area contributed by atoms with Crippen molar-refractivity contribution in [2.24, 2.45) is 0 Å². The Morgan fingerprint density at radius 1 is 0.875 bits per heavy atom. The van der Waals surface area contributed by atoms with Crippen LogP contribution in [-0.2, 0) is 11.2 Å². The number of benzene rings is 2. The molecule has 0 aliphatic rings. The molecule has 1 atom stereocenters. The first kappa shape index (κ1) is 11.0. The molecule has 1 nitrogen and oxygen atoms in total. The molecule has 2 aromatic rings. The van der Waals surface area contributed by atoms with Gasteiger partial charge in [-0.25, -0.2) is 0 Å². The van der Waals surface area contributed by atoms with Crippen molar-refractivity contribution in [3.8, 4) is 0 Å². The van der Waals surface area contributed by atoms with Gasteiger partial charge in [0.25, 0.3) is 0 Å². The molecule has 0 radical (unpaired) electrons. The lowest BCUT2D eigenvalue weighted by molar-refractivity contribution is 0.605. The number of hydrogen-bond acceptors (Lipinski definition) is 1. The topological polar surface area (TPSA) is 23.1 Å². The van der Waals surface area contributed by atoms with E-state index in [1.807, 2.05) is 60.7 Å². The fraction of sp³-hybridized carbons (Fsp3) is 0. The van der Waals surface area contributed by atoms with Gasteiger partial charge >= 0.3 is 0 Å². The minimum atomic E-state index is -1.17. The Morgan fingerprint density at radius 3 is 1.94 bits per heavy atom. The molecule has 0 fully saturated rings. The molecule has 0 amide bonds. The second-order valence-electron chi connectivity index (χ2n) is 3.37. The minimum Gasteiger partial charge on any atom is -0.606 e. The summed E-state index contributed by atoms with van der Waals surface area (Å²) in [5, 5.41) is 0. The summed E-state index contributed by atoms with van der Waals surface area (Å²) in [5.74, 6) is 0. The molecule has 0 saturated carbocycles. The van der Waals surface area contributed by atoms with E-state index in [0.29, 0.717) is 4.91 Å². The van der Waals surface area contributed by atoms with Crippen LogP contribution in [-0.4, -0.2) is 4.55 Å². The Morgan fingerprint density at radius 2 is 1.38 bits per heavy atom. The van der Waals surface area contributed by atoms with Gasteiger partial charge < -0.3 is 4.55 Å². The first-order chi connectivity index (χ1) is 7.79.